The first-order chi connectivity index (χ1) is 5.27. The zero-order valence-electron chi connectivity index (χ0n) is 6.68. The first-order valence-electron chi connectivity index (χ1n) is 3.09. The van der Waals surface area contributed by atoms with E-state index in [1.54, 1.807) is 0 Å². The van der Waals surface area contributed by atoms with E-state index in [0.29, 0.717) is 11.9 Å². The standard InChI is InChI=1S/C5H10N2O4S/c1-5(2,12-7(10)11)3(6)4(8)9/h3H,6H2,1-2H3,(H,8,9). The summed E-state index contributed by atoms with van der Waals surface area (Å²) in [5.74, 6) is -1.24. The molecule has 3 N–H and O–H groups in total. The number of hydrogen-bond acceptors (Lipinski definition) is 5. The number of aliphatic carboxylic acids is 1. The van der Waals surface area contributed by atoms with Crippen molar-refractivity contribution in [3.05, 3.63) is 10.1 Å². The zero-order valence-corrected chi connectivity index (χ0v) is 7.50. The van der Waals surface area contributed by atoms with Gasteiger partial charge in [0.25, 0.3) is 0 Å². The topological polar surface area (TPSA) is 106 Å². The van der Waals surface area contributed by atoms with Gasteiger partial charge in [-0.15, -0.1) is 0 Å². The van der Waals surface area contributed by atoms with Gasteiger partial charge in [-0.25, -0.2) is 0 Å². The van der Waals surface area contributed by atoms with E-state index in [0.717, 1.165) is 0 Å². The number of nitro groups is 1. The van der Waals surface area contributed by atoms with Gasteiger partial charge in [0, 0.05) is 0 Å². The third-order valence-electron chi connectivity index (χ3n) is 1.32. The minimum atomic E-state index is -1.24. The fourth-order valence-corrected chi connectivity index (χ4v) is 1.14. The Morgan fingerprint density at radius 1 is 1.75 bits per heavy atom. The average Bonchev–Trinajstić information content (AvgIpc) is 1.82. The third kappa shape index (κ3) is 3.05. The minimum Gasteiger partial charge on any atom is -0.480 e. The monoisotopic (exact) mass is 194 g/mol. The summed E-state index contributed by atoms with van der Waals surface area (Å²) in [6.07, 6.45) is 0. The molecule has 7 heteroatoms. The Labute approximate surface area is 73.4 Å². The number of carboxylic acids is 1. The molecule has 0 aliphatic rings. The maximum absolute atomic E-state index is 10.4. The highest BCUT2D eigenvalue weighted by Crippen LogP contribution is 2.27. The van der Waals surface area contributed by atoms with Crippen molar-refractivity contribution < 1.29 is 14.2 Å². The van der Waals surface area contributed by atoms with E-state index < -0.39 is 21.1 Å². The normalized spacial score (nSPS) is 13.9. The van der Waals surface area contributed by atoms with Crippen LogP contribution >= 0.6 is 11.9 Å². The Balaban J connectivity index is 4.38. The van der Waals surface area contributed by atoms with E-state index >= 15 is 0 Å². The minimum absolute atomic E-state index is 0.310. The molecule has 0 spiro atoms. The van der Waals surface area contributed by atoms with Gasteiger partial charge < -0.3 is 10.8 Å². The molecule has 0 aliphatic heterocycles. The Morgan fingerprint density at radius 3 is 2.42 bits per heavy atom. The molecule has 70 valence electrons. The molecule has 0 aromatic carbocycles. The first kappa shape index (κ1) is 11.2. The SMILES string of the molecule is CC(C)(S[N+](=O)[O-])C(N)C(=O)O. The molecule has 6 nitrogen and oxygen atoms in total. The number of nitrogens with zero attached hydrogens (tertiary/aromatic N) is 1. The van der Waals surface area contributed by atoms with Crippen LogP contribution in [0.5, 0.6) is 0 Å². The molecular weight excluding hydrogens is 184 g/mol. The largest absolute Gasteiger partial charge is 0.480 e. The number of nitrogens with two attached hydrogens (primary N) is 1. The van der Waals surface area contributed by atoms with E-state index in [-0.39, 0.29) is 0 Å². The molecule has 0 saturated carbocycles. The van der Waals surface area contributed by atoms with Gasteiger partial charge in [-0.05, 0) is 13.8 Å². The molecule has 0 rings (SSSR count). The fraction of sp³-hybridized carbons (Fsp3) is 0.800. The van der Waals surface area contributed by atoms with Gasteiger partial charge in [-0.3, -0.25) is 14.9 Å². The van der Waals surface area contributed by atoms with E-state index in [1.165, 1.54) is 13.8 Å². The lowest BCUT2D eigenvalue weighted by Crippen LogP contribution is -2.47. The lowest BCUT2D eigenvalue weighted by atomic mass is 10.1. The average molecular weight is 194 g/mol. The second kappa shape index (κ2) is 3.72. The maximum atomic E-state index is 10.4. The smallest absolute Gasteiger partial charge is 0.322 e. The molecule has 12 heavy (non-hydrogen) atoms. The van der Waals surface area contributed by atoms with Gasteiger partial charge >= 0.3 is 5.97 Å². The zero-order chi connectivity index (χ0) is 9.94. The van der Waals surface area contributed by atoms with Crippen molar-refractivity contribution in [1.82, 2.24) is 0 Å². The highest BCUT2D eigenvalue weighted by molar-refractivity contribution is 7.94. The van der Waals surface area contributed by atoms with E-state index in [9.17, 15) is 14.9 Å². The van der Waals surface area contributed by atoms with Crippen LogP contribution in [0.1, 0.15) is 13.8 Å². The number of carboxylic acid groups (broad SMARTS) is 1. The van der Waals surface area contributed by atoms with Crippen molar-refractivity contribution in [2.75, 3.05) is 0 Å². The van der Waals surface area contributed by atoms with Crippen LogP contribution < -0.4 is 5.73 Å². The van der Waals surface area contributed by atoms with Crippen LogP contribution in [0.25, 0.3) is 0 Å². The van der Waals surface area contributed by atoms with Crippen molar-refractivity contribution in [2.45, 2.75) is 24.6 Å². The molecule has 0 heterocycles. The number of hydrogen-bond donors (Lipinski definition) is 2. The Bertz CT molecular complexity index is 206. The van der Waals surface area contributed by atoms with Crippen molar-refractivity contribution in [3.63, 3.8) is 0 Å². The van der Waals surface area contributed by atoms with Gasteiger partial charge in [-0.2, -0.15) is 0 Å². The highest BCUT2D eigenvalue weighted by Gasteiger charge is 2.39. The second-order valence-corrected chi connectivity index (χ2v) is 4.27. The lowest BCUT2D eigenvalue weighted by Gasteiger charge is -2.20. The summed E-state index contributed by atoms with van der Waals surface area (Å²) in [5.41, 5.74) is 5.22. The molecule has 0 aliphatic carbocycles. The Morgan fingerprint density at radius 2 is 2.17 bits per heavy atom. The molecule has 0 fully saturated rings. The molecule has 0 radical (unpaired) electrons. The van der Waals surface area contributed by atoms with Crippen LogP contribution in [0.2, 0.25) is 0 Å². The summed E-state index contributed by atoms with van der Waals surface area (Å²) in [6, 6.07) is -1.24. The van der Waals surface area contributed by atoms with Crippen molar-refractivity contribution in [3.8, 4) is 0 Å². The number of carbonyl (C=O) groups is 1. The summed E-state index contributed by atoms with van der Waals surface area (Å²) in [4.78, 5) is 20.4. The number of rotatable bonds is 4. The summed E-state index contributed by atoms with van der Waals surface area (Å²) in [5, 5.41) is 18.5. The van der Waals surface area contributed by atoms with Crippen LogP contribution in [-0.4, -0.2) is 26.2 Å². The summed E-state index contributed by atoms with van der Waals surface area (Å²) < 4.78 is -1.75. The highest BCUT2D eigenvalue weighted by atomic mass is 32.2. The summed E-state index contributed by atoms with van der Waals surface area (Å²) >= 11 is 0.310. The van der Waals surface area contributed by atoms with E-state index in [4.69, 9.17) is 10.8 Å². The summed E-state index contributed by atoms with van der Waals surface area (Å²) in [7, 11) is 0. The molecule has 0 aromatic rings. The molecular formula is C5H10N2O4S. The molecule has 1 atom stereocenters. The van der Waals surface area contributed by atoms with Gasteiger partial charge in [0.05, 0.1) is 0 Å². The van der Waals surface area contributed by atoms with Gasteiger partial charge in [0.1, 0.15) is 15.1 Å². The molecule has 0 saturated heterocycles. The van der Waals surface area contributed by atoms with E-state index in [1.807, 2.05) is 0 Å². The predicted molar refractivity (Wildman–Crippen MR) is 44.3 cm³/mol. The molecule has 0 amide bonds. The van der Waals surface area contributed by atoms with Crippen LogP contribution in [0.15, 0.2) is 0 Å². The van der Waals surface area contributed by atoms with Crippen LogP contribution in [0.3, 0.4) is 0 Å². The van der Waals surface area contributed by atoms with Crippen LogP contribution in [0.4, 0.5) is 0 Å². The molecule has 1 unspecified atom stereocenters. The fourth-order valence-electron chi connectivity index (χ4n) is 0.546. The maximum Gasteiger partial charge on any atom is 0.322 e. The van der Waals surface area contributed by atoms with Crippen LogP contribution in [0, 0.1) is 10.1 Å². The lowest BCUT2D eigenvalue weighted by molar-refractivity contribution is -0.286. The molecule has 0 aromatic heterocycles. The Kier molecular flexibility index (Phi) is 3.47. The van der Waals surface area contributed by atoms with Gasteiger partial charge in [-0.1, -0.05) is 0 Å². The van der Waals surface area contributed by atoms with Crippen LogP contribution in [-0.2, 0) is 4.79 Å². The van der Waals surface area contributed by atoms with Crippen molar-refractivity contribution in [2.24, 2.45) is 5.73 Å². The first-order valence-corrected chi connectivity index (χ1v) is 3.86. The van der Waals surface area contributed by atoms with Crippen molar-refractivity contribution in [1.29, 1.82) is 0 Å². The predicted octanol–water partition coefficient (Wildman–Crippen LogP) is 0.102. The quantitative estimate of drug-likeness (QED) is 0.373. The van der Waals surface area contributed by atoms with Crippen molar-refractivity contribution >= 4 is 17.9 Å². The second-order valence-electron chi connectivity index (χ2n) is 2.73. The molecule has 0 bridgehead atoms. The third-order valence-corrected chi connectivity index (χ3v) is 2.20. The van der Waals surface area contributed by atoms with Gasteiger partial charge in [0.15, 0.2) is 0 Å². The van der Waals surface area contributed by atoms with E-state index in [2.05, 4.69) is 0 Å². The summed E-state index contributed by atoms with van der Waals surface area (Å²) in [6.45, 7) is 2.83. The Hall–Kier alpha value is -0.820. The van der Waals surface area contributed by atoms with Gasteiger partial charge in [0.2, 0.25) is 11.9 Å².